The molecule has 0 saturated heterocycles. The highest BCUT2D eigenvalue weighted by Crippen LogP contribution is 2.16. The second kappa shape index (κ2) is 68.1. The van der Waals surface area contributed by atoms with E-state index >= 15 is 0 Å². The molecular formula is C75H124O6. The van der Waals surface area contributed by atoms with Gasteiger partial charge in [-0.1, -0.05) is 302 Å². The zero-order chi connectivity index (χ0) is 58.5. The lowest BCUT2D eigenvalue weighted by Crippen LogP contribution is -2.30. The number of rotatable bonds is 60. The molecule has 0 aromatic heterocycles. The Balaban J connectivity index is 4.01. The third-order valence-corrected chi connectivity index (χ3v) is 14.2. The summed E-state index contributed by atoms with van der Waals surface area (Å²) in [4.78, 5) is 38.0. The van der Waals surface area contributed by atoms with E-state index in [0.29, 0.717) is 19.3 Å². The molecule has 6 nitrogen and oxygen atoms in total. The first-order chi connectivity index (χ1) is 40.0. The van der Waals surface area contributed by atoms with Crippen LogP contribution in [-0.4, -0.2) is 37.2 Å². The number of hydrogen-bond donors (Lipinski definition) is 0. The summed E-state index contributed by atoms with van der Waals surface area (Å²) in [6, 6.07) is 0. The lowest BCUT2D eigenvalue weighted by molar-refractivity contribution is -0.167. The Morgan fingerprint density at radius 3 is 0.753 bits per heavy atom. The quantitative estimate of drug-likeness (QED) is 0.0261. The lowest BCUT2D eigenvalue weighted by Gasteiger charge is -2.18. The third kappa shape index (κ3) is 66.2. The molecule has 0 rings (SSSR count). The molecule has 0 amide bonds. The predicted molar refractivity (Wildman–Crippen MR) is 353 cm³/mol. The highest BCUT2D eigenvalue weighted by Gasteiger charge is 2.19. The van der Waals surface area contributed by atoms with Gasteiger partial charge in [0, 0.05) is 19.3 Å². The van der Waals surface area contributed by atoms with Gasteiger partial charge < -0.3 is 14.2 Å². The van der Waals surface area contributed by atoms with Crippen LogP contribution in [0.25, 0.3) is 0 Å². The Labute approximate surface area is 500 Å². The molecular weight excluding hydrogens is 997 g/mol. The Kier molecular flexibility index (Phi) is 64.3. The minimum Gasteiger partial charge on any atom is -0.462 e. The summed E-state index contributed by atoms with van der Waals surface area (Å²) < 4.78 is 16.8. The number of unbranched alkanes of at least 4 members (excludes halogenated alkanes) is 27. The second-order valence-corrected chi connectivity index (χ2v) is 22.0. The molecule has 0 bridgehead atoms. The Morgan fingerprint density at radius 2 is 0.481 bits per heavy atom. The van der Waals surface area contributed by atoms with Crippen molar-refractivity contribution < 1.29 is 28.6 Å². The molecule has 0 aliphatic carbocycles. The van der Waals surface area contributed by atoms with E-state index < -0.39 is 6.10 Å². The van der Waals surface area contributed by atoms with Crippen molar-refractivity contribution in [2.75, 3.05) is 13.2 Å². The van der Waals surface area contributed by atoms with Gasteiger partial charge in [-0.3, -0.25) is 14.4 Å². The maximum atomic E-state index is 12.8. The molecule has 0 heterocycles. The second-order valence-electron chi connectivity index (χ2n) is 22.0. The van der Waals surface area contributed by atoms with Gasteiger partial charge in [0.05, 0.1) is 0 Å². The normalized spacial score (nSPS) is 13.0. The van der Waals surface area contributed by atoms with Crippen molar-refractivity contribution in [1.82, 2.24) is 0 Å². The molecule has 460 valence electrons. The first-order valence-electron chi connectivity index (χ1n) is 33.7. The van der Waals surface area contributed by atoms with E-state index in [2.05, 4.69) is 154 Å². The molecule has 0 aromatic carbocycles. The van der Waals surface area contributed by atoms with Crippen LogP contribution in [0.1, 0.15) is 303 Å². The van der Waals surface area contributed by atoms with Crippen molar-refractivity contribution in [3.63, 3.8) is 0 Å². The maximum Gasteiger partial charge on any atom is 0.306 e. The van der Waals surface area contributed by atoms with Crippen LogP contribution in [-0.2, 0) is 28.6 Å². The van der Waals surface area contributed by atoms with E-state index in [9.17, 15) is 14.4 Å². The molecule has 1 unspecified atom stereocenters. The van der Waals surface area contributed by atoms with Crippen LogP contribution < -0.4 is 0 Å². The minimum absolute atomic E-state index is 0.0809. The van der Waals surface area contributed by atoms with Gasteiger partial charge >= 0.3 is 17.9 Å². The molecule has 6 heteroatoms. The third-order valence-electron chi connectivity index (χ3n) is 14.2. The summed E-state index contributed by atoms with van der Waals surface area (Å²) in [7, 11) is 0. The summed E-state index contributed by atoms with van der Waals surface area (Å²) in [6.07, 6.45) is 96.6. The first-order valence-corrected chi connectivity index (χ1v) is 33.7. The number of esters is 3. The van der Waals surface area contributed by atoms with Crippen molar-refractivity contribution in [2.45, 2.75) is 309 Å². The SMILES string of the molecule is CC/C=C\C/C=C\C/C=C\C/C=C\C/C=C\C/C=C\C/C=C\CCCCCCCCCCCCCCCC(=O)OCC(COC(=O)CCCCCCC)OC(=O)CCCCCCCCCCCC/C=C\C/C=C\C/C=C\C/C=C\CC. The fourth-order valence-electron chi connectivity index (χ4n) is 9.18. The lowest BCUT2D eigenvalue weighted by atomic mass is 10.0. The monoisotopic (exact) mass is 1120 g/mol. The van der Waals surface area contributed by atoms with Gasteiger partial charge in [0.2, 0.25) is 0 Å². The molecule has 0 N–H and O–H groups in total. The maximum absolute atomic E-state index is 12.8. The first kappa shape index (κ1) is 76.5. The summed E-state index contributed by atoms with van der Waals surface area (Å²) in [5, 5.41) is 0. The van der Waals surface area contributed by atoms with Crippen molar-refractivity contribution in [3.8, 4) is 0 Å². The van der Waals surface area contributed by atoms with Crippen LogP contribution in [0.3, 0.4) is 0 Å². The van der Waals surface area contributed by atoms with E-state index in [1.165, 1.54) is 128 Å². The van der Waals surface area contributed by atoms with Crippen LogP contribution in [0.4, 0.5) is 0 Å². The highest BCUT2D eigenvalue weighted by atomic mass is 16.6. The van der Waals surface area contributed by atoms with E-state index in [1.807, 2.05) is 0 Å². The molecule has 0 aliphatic rings. The van der Waals surface area contributed by atoms with Gasteiger partial charge in [0.15, 0.2) is 6.10 Å². The number of carbonyl (C=O) groups is 3. The molecule has 0 saturated carbocycles. The van der Waals surface area contributed by atoms with Gasteiger partial charge in [-0.2, -0.15) is 0 Å². The highest BCUT2D eigenvalue weighted by molar-refractivity contribution is 5.71. The van der Waals surface area contributed by atoms with Crippen molar-refractivity contribution in [1.29, 1.82) is 0 Å². The summed E-state index contributed by atoms with van der Waals surface area (Å²) in [5.74, 6) is -0.895. The molecule has 0 fully saturated rings. The van der Waals surface area contributed by atoms with E-state index in [-0.39, 0.29) is 31.1 Å². The average molecular weight is 1120 g/mol. The van der Waals surface area contributed by atoms with Gasteiger partial charge in [-0.25, -0.2) is 0 Å². The number of ether oxygens (including phenoxy) is 3. The Bertz CT molecular complexity index is 1720. The Morgan fingerprint density at radius 1 is 0.259 bits per heavy atom. The molecule has 0 aromatic rings. The molecule has 1 atom stereocenters. The van der Waals surface area contributed by atoms with Crippen molar-refractivity contribution in [2.24, 2.45) is 0 Å². The van der Waals surface area contributed by atoms with Crippen LogP contribution in [0, 0.1) is 0 Å². The van der Waals surface area contributed by atoms with Crippen molar-refractivity contribution in [3.05, 3.63) is 134 Å². The van der Waals surface area contributed by atoms with Crippen molar-refractivity contribution >= 4 is 17.9 Å². The predicted octanol–water partition coefficient (Wildman–Crippen LogP) is 23.3. The van der Waals surface area contributed by atoms with Gasteiger partial charge in [0.1, 0.15) is 13.2 Å². The number of carbonyl (C=O) groups excluding carboxylic acids is 3. The molecule has 0 radical (unpaired) electrons. The molecule has 0 spiro atoms. The van der Waals surface area contributed by atoms with E-state index in [1.54, 1.807) is 0 Å². The smallest absolute Gasteiger partial charge is 0.306 e. The fourth-order valence-corrected chi connectivity index (χ4v) is 9.18. The van der Waals surface area contributed by atoms with Crippen LogP contribution in [0.5, 0.6) is 0 Å². The van der Waals surface area contributed by atoms with Crippen LogP contribution in [0.15, 0.2) is 134 Å². The largest absolute Gasteiger partial charge is 0.462 e. The van der Waals surface area contributed by atoms with Crippen LogP contribution >= 0.6 is 0 Å². The summed E-state index contributed by atoms with van der Waals surface area (Å²) in [6.45, 7) is 6.34. The summed E-state index contributed by atoms with van der Waals surface area (Å²) >= 11 is 0. The standard InChI is InChI=1S/C75H124O6/c1-4-7-10-13-15-17-19-21-23-25-27-29-31-32-33-34-35-36-37-38-39-40-41-42-44-45-47-49-51-53-55-57-59-62-65-68-74(77)80-71-72(70-79-73(76)67-64-61-12-9-6-3)81-75(78)69-66-63-60-58-56-54-52-50-48-46-43-30-28-26-24-22-20-18-16-14-11-8-5-2/h7-8,10-11,15-18,21-24,27-30,32-33,35-36,38-39,72H,4-6,9,12-14,19-20,25-26,31,34,37,40-71H2,1-3H3/b10-7-,11-8-,17-15-,18-16-,23-21-,24-22-,29-27-,30-28-,33-32-,36-35-,39-38-. The van der Waals surface area contributed by atoms with Gasteiger partial charge in [0.25, 0.3) is 0 Å². The fraction of sp³-hybridized carbons (Fsp3) is 0.667. The zero-order valence-corrected chi connectivity index (χ0v) is 52.8. The van der Waals surface area contributed by atoms with E-state index in [4.69, 9.17) is 14.2 Å². The average Bonchev–Trinajstić information content (AvgIpc) is 3.47. The Hall–Kier alpha value is -4.45. The number of allylic oxidation sites excluding steroid dienone is 22. The van der Waals surface area contributed by atoms with Gasteiger partial charge in [-0.15, -0.1) is 0 Å². The zero-order valence-electron chi connectivity index (χ0n) is 52.8. The van der Waals surface area contributed by atoms with Gasteiger partial charge in [-0.05, 0) is 116 Å². The molecule has 81 heavy (non-hydrogen) atoms. The number of hydrogen-bond acceptors (Lipinski definition) is 6. The minimum atomic E-state index is -0.780. The van der Waals surface area contributed by atoms with E-state index in [0.717, 1.165) is 135 Å². The molecule has 0 aliphatic heterocycles. The van der Waals surface area contributed by atoms with Crippen LogP contribution in [0.2, 0.25) is 0 Å². The summed E-state index contributed by atoms with van der Waals surface area (Å²) in [5.41, 5.74) is 0. The topological polar surface area (TPSA) is 78.9 Å².